The number of hydrogen-bond acceptors (Lipinski definition) is 4. The molecule has 0 amide bonds. The molecule has 1 aromatic carbocycles. The van der Waals surface area contributed by atoms with E-state index in [1.54, 1.807) is 6.20 Å². The van der Waals surface area contributed by atoms with E-state index in [4.69, 9.17) is 5.11 Å². The number of carboxylic acids is 1. The Hall–Kier alpha value is -1.85. The highest BCUT2D eigenvalue weighted by atomic mass is 16.4. The zero-order valence-corrected chi connectivity index (χ0v) is 10.8. The molecule has 0 heterocycles. The fourth-order valence-corrected chi connectivity index (χ4v) is 1.62. The Morgan fingerprint density at radius 2 is 1.95 bits per heavy atom. The zero-order valence-electron chi connectivity index (χ0n) is 10.8. The van der Waals surface area contributed by atoms with E-state index in [1.165, 1.54) is 6.08 Å². The van der Waals surface area contributed by atoms with Crippen molar-refractivity contribution in [2.45, 2.75) is 25.0 Å². The first-order valence-electron chi connectivity index (χ1n) is 6.03. The number of carboxylic acid groups (broad SMARTS) is 1. The predicted molar refractivity (Wildman–Crippen MR) is 72.9 cm³/mol. The van der Waals surface area contributed by atoms with Crippen molar-refractivity contribution in [2.24, 2.45) is 0 Å². The molecule has 2 unspecified atom stereocenters. The van der Waals surface area contributed by atoms with Gasteiger partial charge >= 0.3 is 5.97 Å². The van der Waals surface area contributed by atoms with Gasteiger partial charge in [0.25, 0.3) is 0 Å². The van der Waals surface area contributed by atoms with E-state index in [9.17, 15) is 15.0 Å². The highest BCUT2D eigenvalue weighted by Crippen LogP contribution is 2.12. The van der Waals surface area contributed by atoms with Crippen LogP contribution < -0.4 is 4.90 Å². The predicted octanol–water partition coefficient (Wildman–Crippen LogP) is 1.22. The Morgan fingerprint density at radius 1 is 1.32 bits per heavy atom. The van der Waals surface area contributed by atoms with Crippen molar-refractivity contribution in [1.82, 2.24) is 0 Å². The number of para-hydroxylation sites is 1. The molecule has 0 bridgehead atoms. The largest absolute Gasteiger partial charge is 0.481 e. The van der Waals surface area contributed by atoms with Crippen LogP contribution in [0.1, 0.15) is 12.8 Å². The highest BCUT2D eigenvalue weighted by molar-refractivity contribution is 5.67. The maximum absolute atomic E-state index is 10.4. The number of aliphatic hydroxyl groups is 2. The summed E-state index contributed by atoms with van der Waals surface area (Å²) in [6.45, 7) is 0. The molecule has 1 aromatic rings. The van der Waals surface area contributed by atoms with Crippen molar-refractivity contribution >= 4 is 11.7 Å². The number of carbonyl (C=O) groups is 1. The molecule has 5 nitrogen and oxygen atoms in total. The summed E-state index contributed by atoms with van der Waals surface area (Å²) >= 11 is 0. The Balaban J connectivity index is 2.45. The van der Waals surface area contributed by atoms with Gasteiger partial charge in [-0.3, -0.25) is 4.79 Å². The van der Waals surface area contributed by atoms with Gasteiger partial charge in [0, 0.05) is 25.4 Å². The molecular formula is C14H19NO4. The van der Waals surface area contributed by atoms with Crippen molar-refractivity contribution in [3.05, 3.63) is 42.6 Å². The van der Waals surface area contributed by atoms with Gasteiger partial charge < -0.3 is 20.2 Å². The zero-order chi connectivity index (χ0) is 14.3. The van der Waals surface area contributed by atoms with Gasteiger partial charge in [-0.25, -0.2) is 0 Å². The fraction of sp³-hybridized carbons (Fsp3) is 0.357. The quantitative estimate of drug-likeness (QED) is 0.690. The first-order valence-corrected chi connectivity index (χ1v) is 6.03. The minimum atomic E-state index is -1.08. The molecule has 2 atom stereocenters. The normalized spacial score (nSPS) is 14.3. The second-order valence-corrected chi connectivity index (χ2v) is 4.34. The molecule has 0 radical (unpaired) electrons. The number of hydrogen-bond donors (Lipinski definition) is 3. The van der Waals surface area contributed by atoms with Gasteiger partial charge in [-0.2, -0.15) is 0 Å². The molecule has 19 heavy (non-hydrogen) atoms. The topological polar surface area (TPSA) is 81.0 Å². The lowest BCUT2D eigenvalue weighted by Crippen LogP contribution is -2.20. The summed E-state index contributed by atoms with van der Waals surface area (Å²) < 4.78 is 0. The summed E-state index contributed by atoms with van der Waals surface area (Å²) in [5.41, 5.74) is 0.969. The Morgan fingerprint density at radius 3 is 2.53 bits per heavy atom. The number of rotatable bonds is 7. The van der Waals surface area contributed by atoms with Gasteiger partial charge in [-0.15, -0.1) is 0 Å². The maximum Gasteiger partial charge on any atom is 0.305 e. The Kier molecular flexibility index (Phi) is 6.05. The third kappa shape index (κ3) is 6.03. The molecule has 0 fully saturated rings. The number of anilines is 1. The number of benzene rings is 1. The average Bonchev–Trinajstić information content (AvgIpc) is 2.36. The molecule has 0 aliphatic carbocycles. The van der Waals surface area contributed by atoms with Crippen LogP contribution in [0.5, 0.6) is 0 Å². The lowest BCUT2D eigenvalue weighted by molar-refractivity contribution is -0.139. The second-order valence-electron chi connectivity index (χ2n) is 4.34. The summed E-state index contributed by atoms with van der Waals surface area (Å²) in [5.74, 6) is -1.08. The molecule has 0 spiro atoms. The van der Waals surface area contributed by atoms with Gasteiger partial charge in [0.15, 0.2) is 0 Å². The van der Waals surface area contributed by atoms with Gasteiger partial charge in [0.2, 0.25) is 0 Å². The third-order valence-corrected chi connectivity index (χ3v) is 2.62. The standard InChI is InChI=1S/C14H19NO4/c1-15(11-5-3-2-4-6-11)8-7-12(16)9-13(17)10-14(18)19/h2-8,12-13,16-17H,9-10H2,1H3,(H,18,19)/b8-7+. The van der Waals surface area contributed by atoms with Crippen LogP contribution >= 0.6 is 0 Å². The lowest BCUT2D eigenvalue weighted by Gasteiger charge is -2.15. The number of aliphatic hydroxyl groups excluding tert-OH is 2. The summed E-state index contributed by atoms with van der Waals surface area (Å²) in [7, 11) is 1.84. The Bertz CT molecular complexity index is 419. The SMILES string of the molecule is CN(/C=C/C(O)CC(O)CC(=O)O)c1ccccc1. The van der Waals surface area contributed by atoms with Crippen LogP contribution in [0.4, 0.5) is 5.69 Å². The summed E-state index contributed by atoms with van der Waals surface area (Å²) in [6, 6.07) is 9.59. The van der Waals surface area contributed by atoms with E-state index >= 15 is 0 Å². The minimum absolute atomic E-state index is 0.00539. The van der Waals surface area contributed by atoms with Crippen molar-refractivity contribution in [3.8, 4) is 0 Å². The van der Waals surface area contributed by atoms with Crippen LogP contribution in [-0.2, 0) is 4.79 Å². The monoisotopic (exact) mass is 265 g/mol. The van der Waals surface area contributed by atoms with Crippen LogP contribution in [0.2, 0.25) is 0 Å². The maximum atomic E-state index is 10.4. The van der Waals surface area contributed by atoms with Gasteiger partial charge in [0.05, 0.1) is 18.6 Å². The van der Waals surface area contributed by atoms with E-state index in [0.29, 0.717) is 0 Å². The van der Waals surface area contributed by atoms with Gasteiger partial charge in [0.1, 0.15) is 0 Å². The van der Waals surface area contributed by atoms with Crippen LogP contribution in [0.15, 0.2) is 42.6 Å². The molecule has 0 aromatic heterocycles. The van der Waals surface area contributed by atoms with Gasteiger partial charge in [-0.05, 0) is 18.2 Å². The van der Waals surface area contributed by atoms with E-state index in [1.807, 2.05) is 42.3 Å². The van der Waals surface area contributed by atoms with E-state index < -0.39 is 18.2 Å². The van der Waals surface area contributed by atoms with Crippen LogP contribution in [0.3, 0.4) is 0 Å². The molecular weight excluding hydrogens is 246 g/mol. The van der Waals surface area contributed by atoms with E-state index in [0.717, 1.165) is 5.69 Å². The van der Waals surface area contributed by atoms with Crippen molar-refractivity contribution in [3.63, 3.8) is 0 Å². The molecule has 5 heteroatoms. The van der Waals surface area contributed by atoms with Crippen molar-refractivity contribution < 1.29 is 20.1 Å². The highest BCUT2D eigenvalue weighted by Gasteiger charge is 2.13. The van der Waals surface area contributed by atoms with Crippen LogP contribution in [0, 0.1) is 0 Å². The molecule has 0 saturated heterocycles. The summed E-state index contributed by atoms with van der Waals surface area (Å²) in [4.78, 5) is 12.2. The average molecular weight is 265 g/mol. The first kappa shape index (κ1) is 15.2. The summed E-state index contributed by atoms with van der Waals surface area (Å²) in [5, 5.41) is 27.5. The molecule has 104 valence electrons. The molecule has 0 saturated carbocycles. The van der Waals surface area contributed by atoms with E-state index in [2.05, 4.69) is 0 Å². The van der Waals surface area contributed by atoms with Crippen LogP contribution in [-0.4, -0.2) is 40.5 Å². The third-order valence-electron chi connectivity index (χ3n) is 2.62. The summed E-state index contributed by atoms with van der Waals surface area (Å²) in [6.07, 6.45) is 0.941. The Labute approximate surface area is 112 Å². The molecule has 0 aliphatic heterocycles. The van der Waals surface area contributed by atoms with E-state index in [-0.39, 0.29) is 12.8 Å². The van der Waals surface area contributed by atoms with Crippen molar-refractivity contribution in [1.29, 1.82) is 0 Å². The second kappa shape index (κ2) is 7.56. The van der Waals surface area contributed by atoms with Gasteiger partial charge in [-0.1, -0.05) is 18.2 Å². The first-order chi connectivity index (χ1) is 8.99. The van der Waals surface area contributed by atoms with Crippen LogP contribution in [0.25, 0.3) is 0 Å². The molecule has 1 rings (SSSR count). The number of nitrogens with zero attached hydrogens (tertiary/aromatic N) is 1. The molecule has 0 aliphatic rings. The number of aliphatic carboxylic acids is 1. The minimum Gasteiger partial charge on any atom is -0.481 e. The smallest absolute Gasteiger partial charge is 0.305 e. The fourth-order valence-electron chi connectivity index (χ4n) is 1.62. The lowest BCUT2D eigenvalue weighted by atomic mass is 10.1. The molecule has 3 N–H and O–H groups in total. The van der Waals surface area contributed by atoms with Crippen molar-refractivity contribution in [2.75, 3.05) is 11.9 Å².